The van der Waals surface area contributed by atoms with Gasteiger partial charge in [0.1, 0.15) is 0 Å². The SMILES string of the molecule is C(/[Se]c1ccccc1)=C(\[Se]c1ccccc1)c1ccccc1. The third-order valence-electron chi connectivity index (χ3n) is 3.07. The minimum absolute atomic E-state index is 0.346. The van der Waals surface area contributed by atoms with Gasteiger partial charge < -0.3 is 0 Å². The molecule has 0 unspecified atom stereocenters. The molecule has 3 aromatic carbocycles. The Bertz CT molecular complexity index is 719. The number of benzene rings is 3. The van der Waals surface area contributed by atoms with E-state index < -0.39 is 0 Å². The number of hydrogen-bond acceptors (Lipinski definition) is 0. The summed E-state index contributed by atoms with van der Waals surface area (Å²) in [5.74, 6) is 0. The second-order valence-corrected chi connectivity index (χ2v) is 9.01. The van der Waals surface area contributed by atoms with Crippen LogP contribution in [0.3, 0.4) is 0 Å². The van der Waals surface area contributed by atoms with Crippen molar-refractivity contribution in [1.82, 2.24) is 0 Å². The standard InChI is InChI=1S/C20H16Se2/c1-4-10-17(11-5-1)20(22-19-14-8-3-9-15-19)16-21-18-12-6-2-7-13-18/h1-16H/b20-16+. The molecule has 0 bridgehead atoms. The number of hydrogen-bond donors (Lipinski definition) is 0. The molecule has 0 N–H and O–H groups in total. The third-order valence-corrected chi connectivity index (χ3v) is 7.98. The molecular weight excluding hydrogens is 398 g/mol. The van der Waals surface area contributed by atoms with E-state index in [9.17, 15) is 0 Å². The molecule has 3 rings (SSSR count). The van der Waals surface area contributed by atoms with E-state index in [0.717, 1.165) is 0 Å². The van der Waals surface area contributed by atoms with Crippen LogP contribution in [0.25, 0.3) is 4.47 Å². The summed E-state index contributed by atoms with van der Waals surface area (Å²) < 4.78 is 4.32. The number of rotatable bonds is 5. The van der Waals surface area contributed by atoms with Gasteiger partial charge in [0.25, 0.3) is 0 Å². The van der Waals surface area contributed by atoms with E-state index in [4.69, 9.17) is 0 Å². The van der Waals surface area contributed by atoms with Gasteiger partial charge in [-0.05, 0) is 0 Å². The summed E-state index contributed by atoms with van der Waals surface area (Å²) in [5, 5.41) is 0. The molecule has 0 radical (unpaired) electrons. The second-order valence-electron chi connectivity index (χ2n) is 4.69. The summed E-state index contributed by atoms with van der Waals surface area (Å²) in [4.78, 5) is 2.45. The molecule has 2 heteroatoms. The molecule has 0 saturated carbocycles. The molecule has 22 heavy (non-hydrogen) atoms. The third kappa shape index (κ3) is 4.46. The van der Waals surface area contributed by atoms with Crippen LogP contribution in [0.15, 0.2) is 96.0 Å². The van der Waals surface area contributed by atoms with Crippen LogP contribution in [0.1, 0.15) is 5.56 Å². The van der Waals surface area contributed by atoms with Crippen LogP contribution in [0.2, 0.25) is 0 Å². The van der Waals surface area contributed by atoms with Gasteiger partial charge in [0.15, 0.2) is 0 Å². The molecule has 0 aliphatic rings. The monoisotopic (exact) mass is 416 g/mol. The van der Waals surface area contributed by atoms with Crippen molar-refractivity contribution in [2.24, 2.45) is 0 Å². The Morgan fingerprint density at radius 1 is 0.591 bits per heavy atom. The van der Waals surface area contributed by atoms with Gasteiger partial charge in [-0.1, -0.05) is 0 Å². The van der Waals surface area contributed by atoms with Crippen LogP contribution in [-0.4, -0.2) is 29.9 Å². The fraction of sp³-hybridized carbons (Fsp3) is 0. The van der Waals surface area contributed by atoms with Crippen LogP contribution in [0.5, 0.6) is 0 Å². The van der Waals surface area contributed by atoms with Crippen LogP contribution >= 0.6 is 0 Å². The first-order chi connectivity index (χ1) is 10.9. The van der Waals surface area contributed by atoms with E-state index in [0.29, 0.717) is 29.9 Å². The molecule has 0 aromatic heterocycles. The Morgan fingerprint density at radius 3 is 1.68 bits per heavy atom. The first kappa shape index (κ1) is 15.3. The zero-order valence-corrected chi connectivity index (χ0v) is 15.5. The van der Waals surface area contributed by atoms with Crippen molar-refractivity contribution in [2.75, 3.05) is 0 Å². The van der Waals surface area contributed by atoms with E-state index in [1.807, 2.05) is 0 Å². The van der Waals surface area contributed by atoms with Gasteiger partial charge in [0.2, 0.25) is 0 Å². The predicted octanol–water partition coefficient (Wildman–Crippen LogP) is 3.04. The Balaban J connectivity index is 1.86. The van der Waals surface area contributed by atoms with E-state index in [-0.39, 0.29) is 0 Å². The van der Waals surface area contributed by atoms with E-state index >= 15 is 0 Å². The summed E-state index contributed by atoms with van der Waals surface area (Å²) in [5.41, 5.74) is 1.35. The van der Waals surface area contributed by atoms with Gasteiger partial charge >= 0.3 is 145 Å². The van der Waals surface area contributed by atoms with Crippen LogP contribution in [0, 0.1) is 0 Å². The Kier molecular flexibility index (Phi) is 5.70. The first-order valence-corrected chi connectivity index (χ1v) is 10.7. The molecule has 0 nitrogen and oxygen atoms in total. The molecule has 0 aliphatic carbocycles. The molecule has 108 valence electrons. The predicted molar refractivity (Wildman–Crippen MR) is 98.1 cm³/mol. The Labute approximate surface area is 144 Å². The average molecular weight is 414 g/mol. The molecule has 0 spiro atoms. The molecule has 3 aromatic rings. The van der Waals surface area contributed by atoms with Gasteiger partial charge in [0, 0.05) is 0 Å². The van der Waals surface area contributed by atoms with Gasteiger partial charge in [-0.25, -0.2) is 0 Å². The molecule has 0 saturated heterocycles. The fourth-order valence-electron chi connectivity index (χ4n) is 1.99. The summed E-state index contributed by atoms with van der Waals surface area (Å²) >= 11 is 0.724. The maximum absolute atomic E-state index is 2.45. The van der Waals surface area contributed by atoms with Gasteiger partial charge in [-0.2, -0.15) is 0 Å². The van der Waals surface area contributed by atoms with Gasteiger partial charge in [-0.15, -0.1) is 0 Å². The summed E-state index contributed by atoms with van der Waals surface area (Å²) in [6.07, 6.45) is 0. The fourth-order valence-corrected chi connectivity index (χ4v) is 6.28. The van der Waals surface area contributed by atoms with Crippen molar-refractivity contribution in [1.29, 1.82) is 0 Å². The van der Waals surface area contributed by atoms with Gasteiger partial charge in [0.05, 0.1) is 0 Å². The second kappa shape index (κ2) is 8.17. The zero-order chi connectivity index (χ0) is 15.0. The molecule has 0 heterocycles. The molecule has 0 fully saturated rings. The quantitative estimate of drug-likeness (QED) is 0.564. The molecular formula is C20H16Se2. The van der Waals surface area contributed by atoms with Crippen LogP contribution in [0.4, 0.5) is 0 Å². The normalized spacial score (nSPS) is 11.4. The summed E-state index contributed by atoms with van der Waals surface area (Å²) in [6, 6.07) is 32.3. The minimum atomic E-state index is 0.346. The van der Waals surface area contributed by atoms with Crippen molar-refractivity contribution in [3.05, 3.63) is 102 Å². The zero-order valence-electron chi connectivity index (χ0n) is 12.1. The summed E-state index contributed by atoms with van der Waals surface area (Å²) in [7, 11) is 0. The topological polar surface area (TPSA) is 0 Å². The van der Waals surface area contributed by atoms with E-state index in [1.165, 1.54) is 19.0 Å². The maximum atomic E-state index is 2.45. The molecule has 0 aliphatic heterocycles. The molecule has 0 amide bonds. The average Bonchev–Trinajstić information content (AvgIpc) is 2.61. The van der Waals surface area contributed by atoms with Crippen LogP contribution in [-0.2, 0) is 0 Å². The van der Waals surface area contributed by atoms with E-state index in [1.54, 1.807) is 0 Å². The first-order valence-electron chi connectivity index (χ1n) is 7.12. The van der Waals surface area contributed by atoms with Crippen molar-refractivity contribution >= 4 is 43.3 Å². The van der Waals surface area contributed by atoms with Crippen molar-refractivity contribution in [3.63, 3.8) is 0 Å². The van der Waals surface area contributed by atoms with Crippen molar-refractivity contribution < 1.29 is 0 Å². The molecule has 0 atom stereocenters. The summed E-state index contributed by atoms with van der Waals surface area (Å²) in [6.45, 7) is 0. The Morgan fingerprint density at radius 2 is 1.09 bits per heavy atom. The van der Waals surface area contributed by atoms with E-state index in [2.05, 4.69) is 96.0 Å². The Hall–Kier alpha value is -1.56. The van der Waals surface area contributed by atoms with Gasteiger partial charge in [-0.3, -0.25) is 0 Å². The van der Waals surface area contributed by atoms with Crippen LogP contribution < -0.4 is 8.92 Å². The van der Waals surface area contributed by atoms with Crippen molar-refractivity contribution in [3.8, 4) is 0 Å². The van der Waals surface area contributed by atoms with Crippen molar-refractivity contribution in [2.45, 2.75) is 0 Å².